The predicted molar refractivity (Wildman–Crippen MR) is 44.4 cm³/mol. The van der Waals surface area contributed by atoms with Crippen LogP contribution in [0.1, 0.15) is 17.2 Å². The summed E-state index contributed by atoms with van der Waals surface area (Å²) in [6.45, 7) is 1.22. The number of fused-ring (bicyclic) bond motifs is 3. The molecule has 11 heavy (non-hydrogen) atoms. The summed E-state index contributed by atoms with van der Waals surface area (Å²) in [5.74, 6) is 0.910. The van der Waals surface area contributed by atoms with Gasteiger partial charge in [-0.15, -0.1) is 0 Å². The van der Waals surface area contributed by atoms with Crippen molar-refractivity contribution < 1.29 is 0 Å². The number of hydrogen-bond acceptors (Lipinski definition) is 1. The van der Waals surface area contributed by atoms with Crippen LogP contribution in [0.3, 0.4) is 0 Å². The van der Waals surface area contributed by atoms with Crippen molar-refractivity contribution in [3.05, 3.63) is 35.4 Å². The summed E-state index contributed by atoms with van der Waals surface area (Å²) in [6.07, 6.45) is 1.30. The highest BCUT2D eigenvalue weighted by atomic mass is 15.0. The smallest absolute Gasteiger partial charge is 0.0366 e. The van der Waals surface area contributed by atoms with Crippen LogP contribution in [-0.2, 0) is 6.42 Å². The topological polar surface area (TPSA) is 12.0 Å². The Morgan fingerprint density at radius 1 is 1.27 bits per heavy atom. The molecule has 1 aliphatic carbocycles. The number of nitrogens with one attached hydrogen (secondary N) is 1. The van der Waals surface area contributed by atoms with Gasteiger partial charge in [-0.1, -0.05) is 24.3 Å². The van der Waals surface area contributed by atoms with Gasteiger partial charge in [0.15, 0.2) is 0 Å². The van der Waals surface area contributed by atoms with Crippen molar-refractivity contribution >= 4 is 0 Å². The largest absolute Gasteiger partial charge is 0.309 e. The SMILES string of the molecule is c1ccc2c(c1)CC1CNC21. The van der Waals surface area contributed by atoms with Crippen molar-refractivity contribution in [3.63, 3.8) is 0 Å². The summed E-state index contributed by atoms with van der Waals surface area (Å²) in [7, 11) is 0. The first kappa shape index (κ1) is 5.78. The standard InChI is InChI=1S/C10H11N/c1-2-4-9-7(3-1)5-8-6-11-10(8)9/h1-4,8,10-11H,5-6H2. The molecule has 2 unspecified atom stereocenters. The molecule has 0 radical (unpaired) electrons. The van der Waals surface area contributed by atoms with Crippen molar-refractivity contribution in [2.45, 2.75) is 12.5 Å². The number of benzene rings is 1. The van der Waals surface area contributed by atoms with E-state index in [1.807, 2.05) is 0 Å². The molecule has 1 heterocycles. The lowest BCUT2D eigenvalue weighted by atomic mass is 9.93. The molecule has 1 aliphatic heterocycles. The first-order valence-corrected chi connectivity index (χ1v) is 4.26. The van der Waals surface area contributed by atoms with E-state index in [4.69, 9.17) is 0 Å². The zero-order chi connectivity index (χ0) is 7.26. The molecular weight excluding hydrogens is 134 g/mol. The fraction of sp³-hybridized carbons (Fsp3) is 0.400. The number of hydrogen-bond donors (Lipinski definition) is 1. The molecule has 1 N–H and O–H groups in total. The van der Waals surface area contributed by atoms with Gasteiger partial charge < -0.3 is 5.32 Å². The Kier molecular flexibility index (Phi) is 0.977. The molecule has 1 fully saturated rings. The van der Waals surface area contributed by atoms with E-state index in [-0.39, 0.29) is 0 Å². The average molecular weight is 145 g/mol. The molecule has 0 amide bonds. The first-order chi connectivity index (χ1) is 5.45. The van der Waals surface area contributed by atoms with Crippen LogP contribution >= 0.6 is 0 Å². The molecular formula is C10H11N. The zero-order valence-corrected chi connectivity index (χ0v) is 6.38. The minimum Gasteiger partial charge on any atom is -0.309 e. The fourth-order valence-electron chi connectivity index (χ4n) is 2.26. The summed E-state index contributed by atoms with van der Waals surface area (Å²) >= 11 is 0. The maximum atomic E-state index is 3.46. The molecule has 1 aromatic carbocycles. The Bertz CT molecular complexity index is 293. The van der Waals surface area contributed by atoms with E-state index in [1.54, 1.807) is 11.1 Å². The van der Waals surface area contributed by atoms with E-state index in [9.17, 15) is 0 Å². The second kappa shape index (κ2) is 1.86. The van der Waals surface area contributed by atoms with E-state index in [0.717, 1.165) is 5.92 Å². The van der Waals surface area contributed by atoms with Crippen molar-refractivity contribution in [1.82, 2.24) is 5.32 Å². The van der Waals surface area contributed by atoms with Crippen LogP contribution in [0.2, 0.25) is 0 Å². The van der Waals surface area contributed by atoms with Gasteiger partial charge in [-0.05, 0) is 23.5 Å². The lowest BCUT2D eigenvalue weighted by molar-refractivity contribution is 0.260. The van der Waals surface area contributed by atoms with Gasteiger partial charge in [-0.2, -0.15) is 0 Å². The lowest BCUT2D eigenvalue weighted by Gasteiger charge is -2.32. The molecule has 1 saturated heterocycles. The third-order valence-corrected chi connectivity index (χ3v) is 2.94. The molecule has 56 valence electrons. The van der Waals surface area contributed by atoms with Gasteiger partial charge in [0.05, 0.1) is 0 Å². The van der Waals surface area contributed by atoms with Crippen molar-refractivity contribution in [3.8, 4) is 0 Å². The van der Waals surface area contributed by atoms with Crippen molar-refractivity contribution in [2.24, 2.45) is 5.92 Å². The van der Waals surface area contributed by atoms with Gasteiger partial charge in [-0.25, -0.2) is 0 Å². The van der Waals surface area contributed by atoms with Crippen LogP contribution in [0.5, 0.6) is 0 Å². The van der Waals surface area contributed by atoms with Crippen LogP contribution in [0.15, 0.2) is 24.3 Å². The van der Waals surface area contributed by atoms with E-state index in [0.29, 0.717) is 6.04 Å². The van der Waals surface area contributed by atoms with Crippen LogP contribution < -0.4 is 5.32 Å². The van der Waals surface area contributed by atoms with Gasteiger partial charge in [0.2, 0.25) is 0 Å². The molecule has 0 aromatic heterocycles. The van der Waals surface area contributed by atoms with Crippen LogP contribution in [0, 0.1) is 5.92 Å². The van der Waals surface area contributed by atoms with Gasteiger partial charge in [0, 0.05) is 12.6 Å². The normalized spacial score (nSPS) is 32.4. The summed E-state index contributed by atoms with van der Waals surface area (Å²) < 4.78 is 0. The Balaban J connectivity index is 2.14. The van der Waals surface area contributed by atoms with Crippen LogP contribution in [-0.4, -0.2) is 6.54 Å². The summed E-state index contributed by atoms with van der Waals surface area (Å²) in [4.78, 5) is 0. The highest BCUT2D eigenvalue weighted by Gasteiger charge is 2.38. The lowest BCUT2D eigenvalue weighted by Crippen LogP contribution is -2.43. The molecule has 1 nitrogen and oxygen atoms in total. The highest BCUT2D eigenvalue weighted by Crippen LogP contribution is 2.40. The second-order valence-corrected chi connectivity index (χ2v) is 3.55. The maximum absolute atomic E-state index is 3.46. The first-order valence-electron chi connectivity index (χ1n) is 4.26. The third kappa shape index (κ3) is 0.641. The minimum absolute atomic E-state index is 0.700. The quantitative estimate of drug-likeness (QED) is 0.583. The Hall–Kier alpha value is -0.820. The van der Waals surface area contributed by atoms with E-state index < -0.39 is 0 Å². The fourth-order valence-corrected chi connectivity index (χ4v) is 2.26. The molecule has 0 bridgehead atoms. The van der Waals surface area contributed by atoms with Crippen LogP contribution in [0.4, 0.5) is 0 Å². The summed E-state index contributed by atoms with van der Waals surface area (Å²) in [5, 5.41) is 3.46. The van der Waals surface area contributed by atoms with E-state index >= 15 is 0 Å². The Morgan fingerprint density at radius 2 is 2.18 bits per heavy atom. The summed E-state index contributed by atoms with van der Waals surface area (Å²) in [5.41, 5.74) is 3.11. The summed E-state index contributed by atoms with van der Waals surface area (Å²) in [6, 6.07) is 9.50. The maximum Gasteiger partial charge on any atom is 0.0366 e. The van der Waals surface area contributed by atoms with Gasteiger partial charge >= 0.3 is 0 Å². The average Bonchev–Trinajstić information content (AvgIpc) is 2.23. The number of rotatable bonds is 0. The minimum atomic E-state index is 0.700. The van der Waals surface area contributed by atoms with E-state index in [2.05, 4.69) is 29.6 Å². The monoisotopic (exact) mass is 145 g/mol. The van der Waals surface area contributed by atoms with Gasteiger partial charge in [0.1, 0.15) is 0 Å². The van der Waals surface area contributed by atoms with E-state index in [1.165, 1.54) is 13.0 Å². The molecule has 1 aromatic rings. The molecule has 0 spiro atoms. The molecule has 2 aliphatic rings. The van der Waals surface area contributed by atoms with Crippen molar-refractivity contribution in [1.29, 1.82) is 0 Å². The van der Waals surface area contributed by atoms with Crippen LogP contribution in [0.25, 0.3) is 0 Å². The van der Waals surface area contributed by atoms with Crippen molar-refractivity contribution in [2.75, 3.05) is 6.54 Å². The molecule has 1 heteroatoms. The highest BCUT2D eigenvalue weighted by molar-refractivity contribution is 5.37. The molecule has 0 saturated carbocycles. The molecule has 3 rings (SSSR count). The van der Waals surface area contributed by atoms with Gasteiger partial charge in [-0.3, -0.25) is 0 Å². The third-order valence-electron chi connectivity index (χ3n) is 2.94. The second-order valence-electron chi connectivity index (χ2n) is 3.55. The Labute approximate surface area is 66.4 Å². The Morgan fingerprint density at radius 3 is 3.00 bits per heavy atom. The predicted octanol–water partition coefficient (Wildman–Crippen LogP) is 1.50. The zero-order valence-electron chi connectivity index (χ0n) is 6.38. The molecule has 2 atom stereocenters. The van der Waals surface area contributed by atoms with Gasteiger partial charge in [0.25, 0.3) is 0 Å².